The van der Waals surface area contributed by atoms with E-state index in [0.29, 0.717) is 5.56 Å². The van der Waals surface area contributed by atoms with Crippen molar-refractivity contribution < 1.29 is 9.90 Å². The molecule has 1 aromatic rings. The zero-order valence-electron chi connectivity index (χ0n) is 9.10. The summed E-state index contributed by atoms with van der Waals surface area (Å²) in [6.07, 6.45) is -0.215. The van der Waals surface area contributed by atoms with Gasteiger partial charge in [0.2, 0.25) is 0 Å². The van der Waals surface area contributed by atoms with Crippen molar-refractivity contribution in [2.75, 3.05) is 0 Å². The van der Waals surface area contributed by atoms with Gasteiger partial charge in [-0.3, -0.25) is 4.79 Å². The van der Waals surface area contributed by atoms with Gasteiger partial charge in [0.15, 0.2) is 6.10 Å². The van der Waals surface area contributed by atoms with E-state index < -0.39 is 6.10 Å². The molecule has 0 fully saturated rings. The average molecular weight is 207 g/mol. The van der Waals surface area contributed by atoms with E-state index in [1.54, 1.807) is 24.3 Å². The lowest BCUT2D eigenvalue weighted by molar-refractivity contribution is -0.130. The summed E-state index contributed by atoms with van der Waals surface area (Å²) in [5.41, 5.74) is 0.623. The second-order valence-corrected chi connectivity index (χ2v) is 3.63. The van der Waals surface area contributed by atoms with Crippen LogP contribution in [0.25, 0.3) is 0 Å². The van der Waals surface area contributed by atoms with Crippen molar-refractivity contribution in [3.8, 4) is 0 Å². The first-order chi connectivity index (χ1) is 7.15. The predicted octanol–water partition coefficient (Wildman–Crippen LogP) is 1.63. The summed E-state index contributed by atoms with van der Waals surface area (Å²) in [4.78, 5) is 11.6. The Morgan fingerprint density at radius 1 is 1.40 bits per heavy atom. The molecule has 0 aliphatic heterocycles. The highest BCUT2D eigenvalue weighted by molar-refractivity contribution is 5.82. The van der Waals surface area contributed by atoms with Gasteiger partial charge in [0, 0.05) is 6.04 Å². The molecule has 0 aliphatic rings. The highest BCUT2D eigenvalue weighted by atomic mass is 16.3. The fraction of sp³-hybridized carbons (Fsp3) is 0.417. The lowest BCUT2D eigenvalue weighted by Gasteiger charge is -2.15. The zero-order chi connectivity index (χ0) is 11.3. The van der Waals surface area contributed by atoms with Gasteiger partial charge in [0.1, 0.15) is 0 Å². The minimum atomic E-state index is -1.07. The van der Waals surface area contributed by atoms with E-state index >= 15 is 0 Å². The Labute approximate surface area is 90.1 Å². The smallest absolute Gasteiger partial charge is 0.253 e. The molecule has 2 atom stereocenters. The number of carbonyl (C=O) groups excluding carboxylic acids is 1. The van der Waals surface area contributed by atoms with Crippen molar-refractivity contribution >= 4 is 5.91 Å². The van der Waals surface area contributed by atoms with E-state index in [-0.39, 0.29) is 11.9 Å². The third-order valence-electron chi connectivity index (χ3n) is 2.36. The number of hydrogen-bond acceptors (Lipinski definition) is 2. The largest absolute Gasteiger partial charge is 0.378 e. The molecule has 3 heteroatoms. The van der Waals surface area contributed by atoms with Gasteiger partial charge >= 0.3 is 0 Å². The summed E-state index contributed by atoms with van der Waals surface area (Å²) in [5, 5.41) is 12.5. The van der Waals surface area contributed by atoms with Crippen molar-refractivity contribution in [2.24, 2.45) is 0 Å². The molecule has 1 rings (SSSR count). The minimum Gasteiger partial charge on any atom is -0.378 e. The predicted molar refractivity (Wildman–Crippen MR) is 59.3 cm³/mol. The van der Waals surface area contributed by atoms with Gasteiger partial charge < -0.3 is 10.4 Å². The zero-order valence-corrected chi connectivity index (χ0v) is 9.10. The summed E-state index contributed by atoms with van der Waals surface area (Å²) < 4.78 is 0. The quantitative estimate of drug-likeness (QED) is 0.788. The van der Waals surface area contributed by atoms with Crippen LogP contribution in [-0.2, 0) is 4.79 Å². The normalized spacial score (nSPS) is 14.3. The maximum absolute atomic E-state index is 11.6. The first kappa shape index (κ1) is 11.7. The Kier molecular flexibility index (Phi) is 4.31. The monoisotopic (exact) mass is 207 g/mol. The summed E-state index contributed by atoms with van der Waals surface area (Å²) in [6, 6.07) is 9.02. The first-order valence-electron chi connectivity index (χ1n) is 5.18. The number of carbonyl (C=O) groups is 1. The molecule has 0 heterocycles. The molecule has 0 bridgehead atoms. The van der Waals surface area contributed by atoms with Gasteiger partial charge in [0.25, 0.3) is 5.91 Å². The minimum absolute atomic E-state index is 0.0934. The molecule has 1 amide bonds. The fourth-order valence-electron chi connectivity index (χ4n) is 1.21. The van der Waals surface area contributed by atoms with Gasteiger partial charge in [-0.25, -0.2) is 0 Å². The summed E-state index contributed by atoms with van der Waals surface area (Å²) in [7, 11) is 0. The van der Waals surface area contributed by atoms with E-state index in [0.717, 1.165) is 6.42 Å². The summed E-state index contributed by atoms with van der Waals surface area (Å²) in [6.45, 7) is 3.90. The van der Waals surface area contributed by atoms with Crippen LogP contribution < -0.4 is 5.32 Å². The third-order valence-corrected chi connectivity index (χ3v) is 2.36. The molecule has 2 N–H and O–H groups in total. The van der Waals surface area contributed by atoms with Crippen LogP contribution in [0, 0.1) is 0 Å². The Balaban J connectivity index is 2.61. The number of nitrogens with one attached hydrogen (secondary N) is 1. The van der Waals surface area contributed by atoms with E-state index in [1.165, 1.54) is 0 Å². The lowest BCUT2D eigenvalue weighted by Crippen LogP contribution is -2.35. The van der Waals surface area contributed by atoms with Crippen LogP contribution in [-0.4, -0.2) is 17.1 Å². The number of rotatable bonds is 4. The number of aliphatic hydroxyl groups is 1. The first-order valence-corrected chi connectivity index (χ1v) is 5.18. The van der Waals surface area contributed by atoms with Crippen LogP contribution in [0.3, 0.4) is 0 Å². The number of hydrogen-bond donors (Lipinski definition) is 2. The highest BCUT2D eigenvalue weighted by Crippen LogP contribution is 2.12. The molecule has 0 radical (unpaired) electrons. The van der Waals surface area contributed by atoms with Gasteiger partial charge in [0.05, 0.1) is 0 Å². The van der Waals surface area contributed by atoms with E-state index in [4.69, 9.17) is 0 Å². The third kappa shape index (κ3) is 3.36. The van der Waals surface area contributed by atoms with Crippen LogP contribution in [0.4, 0.5) is 0 Å². The van der Waals surface area contributed by atoms with E-state index in [1.807, 2.05) is 19.9 Å². The van der Waals surface area contributed by atoms with Crippen LogP contribution in [0.2, 0.25) is 0 Å². The van der Waals surface area contributed by atoms with Crippen LogP contribution in [0.15, 0.2) is 30.3 Å². The number of aliphatic hydroxyl groups excluding tert-OH is 1. The Morgan fingerprint density at radius 3 is 2.53 bits per heavy atom. The molecule has 0 saturated heterocycles. The van der Waals surface area contributed by atoms with Crippen LogP contribution in [0.1, 0.15) is 31.9 Å². The van der Waals surface area contributed by atoms with Crippen LogP contribution in [0.5, 0.6) is 0 Å². The van der Waals surface area contributed by atoms with Crippen molar-refractivity contribution in [3.63, 3.8) is 0 Å². The molecule has 3 nitrogen and oxygen atoms in total. The van der Waals surface area contributed by atoms with Crippen molar-refractivity contribution in [3.05, 3.63) is 35.9 Å². The van der Waals surface area contributed by atoms with E-state index in [9.17, 15) is 9.90 Å². The molecule has 1 aromatic carbocycles. The lowest BCUT2D eigenvalue weighted by atomic mass is 10.1. The van der Waals surface area contributed by atoms with Crippen molar-refractivity contribution in [2.45, 2.75) is 32.4 Å². The van der Waals surface area contributed by atoms with E-state index in [2.05, 4.69) is 5.32 Å². The number of benzene rings is 1. The topological polar surface area (TPSA) is 49.3 Å². The maximum Gasteiger partial charge on any atom is 0.253 e. The molecule has 82 valence electrons. The molecule has 15 heavy (non-hydrogen) atoms. The molecule has 0 aliphatic carbocycles. The van der Waals surface area contributed by atoms with Gasteiger partial charge in [-0.1, -0.05) is 37.3 Å². The Bertz CT molecular complexity index is 311. The molecule has 0 aromatic heterocycles. The second-order valence-electron chi connectivity index (χ2n) is 3.63. The van der Waals surface area contributed by atoms with Crippen molar-refractivity contribution in [1.29, 1.82) is 0 Å². The summed E-state index contributed by atoms with van der Waals surface area (Å²) >= 11 is 0. The number of amides is 1. The fourth-order valence-corrected chi connectivity index (χ4v) is 1.21. The SMILES string of the molecule is CCC(C)NC(=O)C(O)c1ccccc1. The molecular formula is C12H17NO2. The van der Waals surface area contributed by atoms with Crippen LogP contribution >= 0.6 is 0 Å². The Morgan fingerprint density at radius 2 is 2.00 bits per heavy atom. The molecule has 0 saturated carbocycles. The van der Waals surface area contributed by atoms with Gasteiger partial charge in [-0.05, 0) is 18.9 Å². The molecule has 0 spiro atoms. The highest BCUT2D eigenvalue weighted by Gasteiger charge is 2.17. The molecule has 2 unspecified atom stereocenters. The average Bonchev–Trinajstić information content (AvgIpc) is 2.29. The van der Waals surface area contributed by atoms with Gasteiger partial charge in [-0.2, -0.15) is 0 Å². The Hall–Kier alpha value is -1.35. The summed E-state index contributed by atoms with van der Waals surface area (Å²) in [5.74, 6) is -0.337. The van der Waals surface area contributed by atoms with Gasteiger partial charge in [-0.15, -0.1) is 0 Å². The second kappa shape index (κ2) is 5.51. The standard InChI is InChI=1S/C12H17NO2/c1-3-9(2)13-12(15)11(14)10-7-5-4-6-8-10/h4-9,11,14H,3H2,1-2H3,(H,13,15). The maximum atomic E-state index is 11.6. The molecular weight excluding hydrogens is 190 g/mol. The van der Waals surface area contributed by atoms with Crippen molar-refractivity contribution in [1.82, 2.24) is 5.32 Å².